The molecule has 0 fully saturated rings. The van der Waals surface area contributed by atoms with Gasteiger partial charge >= 0.3 is 17.9 Å². The number of hydrogen-bond acceptors (Lipinski definition) is 6. The Bertz CT molecular complexity index is 397. The van der Waals surface area contributed by atoms with Crippen LogP contribution in [0.2, 0.25) is 0 Å². The summed E-state index contributed by atoms with van der Waals surface area (Å²) in [5.74, 6) is -1.11. The van der Waals surface area contributed by atoms with E-state index in [9.17, 15) is 14.4 Å². The van der Waals surface area contributed by atoms with Crippen molar-refractivity contribution in [2.24, 2.45) is 5.41 Å². The third-order valence-electron chi connectivity index (χ3n) is 3.21. The van der Waals surface area contributed by atoms with Crippen LogP contribution in [0.25, 0.3) is 0 Å². The van der Waals surface area contributed by atoms with Gasteiger partial charge < -0.3 is 14.2 Å². The Kier molecular flexibility index (Phi) is 11.1. The van der Waals surface area contributed by atoms with Gasteiger partial charge in [0.2, 0.25) is 0 Å². The van der Waals surface area contributed by atoms with Crippen LogP contribution in [-0.2, 0) is 28.6 Å². The molecule has 140 valence electrons. The van der Waals surface area contributed by atoms with Gasteiger partial charge in [-0.3, -0.25) is 14.4 Å². The maximum Gasteiger partial charge on any atom is 0.311 e. The highest BCUT2D eigenvalue weighted by Crippen LogP contribution is 2.15. The van der Waals surface area contributed by atoms with Crippen molar-refractivity contribution in [1.29, 1.82) is 0 Å². The van der Waals surface area contributed by atoms with Gasteiger partial charge in [0.1, 0.15) is 13.2 Å². The molecule has 0 heterocycles. The third kappa shape index (κ3) is 11.0. The number of esters is 3. The summed E-state index contributed by atoms with van der Waals surface area (Å²) in [5, 5.41) is 0. The van der Waals surface area contributed by atoms with Crippen LogP contribution in [0.15, 0.2) is 0 Å². The highest BCUT2D eigenvalue weighted by atomic mass is 16.6. The highest BCUT2D eigenvalue weighted by Gasteiger charge is 2.26. The fourth-order valence-electron chi connectivity index (χ4n) is 1.65. The summed E-state index contributed by atoms with van der Waals surface area (Å²) < 4.78 is 15.6. The Labute approximate surface area is 145 Å². The standard InChI is InChI=1S/C18H32O6/c1-6-8-10-15(19)22-12-14(24-16(20)11-9-7-2)13-23-17(21)18(3,4)5/h14H,6-13H2,1-5H3/t14-/m0/s1. The lowest BCUT2D eigenvalue weighted by atomic mass is 9.97. The summed E-state index contributed by atoms with van der Waals surface area (Å²) in [6, 6.07) is 0. The number of rotatable bonds is 11. The van der Waals surface area contributed by atoms with E-state index in [0.717, 1.165) is 25.7 Å². The van der Waals surface area contributed by atoms with E-state index in [0.29, 0.717) is 12.8 Å². The molecule has 0 saturated carbocycles. The second-order valence-electron chi connectivity index (χ2n) is 6.85. The normalized spacial score (nSPS) is 12.4. The Morgan fingerprint density at radius 3 is 1.83 bits per heavy atom. The molecule has 0 aliphatic rings. The Morgan fingerprint density at radius 2 is 1.33 bits per heavy atom. The molecule has 6 nitrogen and oxygen atoms in total. The summed E-state index contributed by atoms with van der Waals surface area (Å²) in [4.78, 5) is 35.2. The first kappa shape index (κ1) is 22.4. The summed E-state index contributed by atoms with van der Waals surface area (Å²) in [7, 11) is 0. The minimum atomic E-state index is -0.772. The van der Waals surface area contributed by atoms with E-state index in [2.05, 4.69) is 0 Å². The van der Waals surface area contributed by atoms with Gasteiger partial charge in [-0.2, -0.15) is 0 Å². The summed E-state index contributed by atoms with van der Waals surface area (Å²) in [5.41, 5.74) is -0.644. The maximum atomic E-state index is 11.8. The summed E-state index contributed by atoms with van der Waals surface area (Å²) in [6.45, 7) is 8.96. The molecule has 0 aliphatic heterocycles. The molecule has 0 spiro atoms. The highest BCUT2D eigenvalue weighted by molar-refractivity contribution is 5.75. The van der Waals surface area contributed by atoms with E-state index < -0.39 is 17.5 Å². The molecule has 0 aromatic heterocycles. The molecule has 0 rings (SSSR count). The zero-order valence-corrected chi connectivity index (χ0v) is 15.7. The average Bonchev–Trinajstić information content (AvgIpc) is 2.51. The van der Waals surface area contributed by atoms with Crippen molar-refractivity contribution < 1.29 is 28.6 Å². The predicted molar refractivity (Wildman–Crippen MR) is 90.3 cm³/mol. The van der Waals surface area contributed by atoms with E-state index in [1.54, 1.807) is 20.8 Å². The number of hydrogen-bond donors (Lipinski definition) is 0. The molecule has 24 heavy (non-hydrogen) atoms. The van der Waals surface area contributed by atoms with Gasteiger partial charge in [-0.15, -0.1) is 0 Å². The molecule has 1 atom stereocenters. The molecule has 0 saturated heterocycles. The molecule has 0 aromatic rings. The lowest BCUT2D eigenvalue weighted by Crippen LogP contribution is -2.33. The maximum absolute atomic E-state index is 11.8. The van der Waals surface area contributed by atoms with Gasteiger partial charge in [0.05, 0.1) is 5.41 Å². The number of ether oxygens (including phenoxy) is 3. The Morgan fingerprint density at radius 1 is 0.833 bits per heavy atom. The van der Waals surface area contributed by atoms with Gasteiger partial charge in [0.15, 0.2) is 6.10 Å². The van der Waals surface area contributed by atoms with Crippen molar-refractivity contribution in [3.05, 3.63) is 0 Å². The van der Waals surface area contributed by atoms with Gasteiger partial charge in [-0.25, -0.2) is 0 Å². The van der Waals surface area contributed by atoms with E-state index in [1.807, 2.05) is 13.8 Å². The molecule has 0 bridgehead atoms. The molecular weight excluding hydrogens is 312 g/mol. The summed E-state index contributed by atoms with van der Waals surface area (Å²) >= 11 is 0. The van der Waals surface area contributed by atoms with Crippen molar-refractivity contribution >= 4 is 17.9 Å². The second-order valence-corrected chi connectivity index (χ2v) is 6.85. The zero-order chi connectivity index (χ0) is 18.6. The summed E-state index contributed by atoms with van der Waals surface area (Å²) in [6.07, 6.45) is 3.10. The molecule has 0 unspecified atom stereocenters. The Balaban J connectivity index is 4.50. The van der Waals surface area contributed by atoms with Crippen LogP contribution in [0, 0.1) is 5.41 Å². The minimum Gasteiger partial charge on any atom is -0.462 e. The van der Waals surface area contributed by atoms with Gasteiger partial charge in [0, 0.05) is 12.8 Å². The van der Waals surface area contributed by atoms with Crippen molar-refractivity contribution in [1.82, 2.24) is 0 Å². The van der Waals surface area contributed by atoms with Crippen LogP contribution in [-0.4, -0.2) is 37.2 Å². The van der Waals surface area contributed by atoms with Gasteiger partial charge in [0.25, 0.3) is 0 Å². The first-order valence-corrected chi connectivity index (χ1v) is 8.73. The van der Waals surface area contributed by atoms with Crippen molar-refractivity contribution in [2.75, 3.05) is 13.2 Å². The van der Waals surface area contributed by atoms with Gasteiger partial charge in [-0.1, -0.05) is 26.7 Å². The van der Waals surface area contributed by atoms with Gasteiger partial charge in [-0.05, 0) is 33.6 Å². The number of carbonyl (C=O) groups is 3. The number of unbranched alkanes of at least 4 members (excludes halogenated alkanes) is 2. The van der Waals surface area contributed by atoms with Crippen molar-refractivity contribution in [3.63, 3.8) is 0 Å². The van der Waals surface area contributed by atoms with Crippen LogP contribution in [0.4, 0.5) is 0 Å². The molecule has 0 aromatic carbocycles. The predicted octanol–water partition coefficient (Wildman–Crippen LogP) is 3.41. The lowest BCUT2D eigenvalue weighted by Gasteiger charge is -2.21. The fourth-order valence-corrected chi connectivity index (χ4v) is 1.65. The molecule has 6 heteroatoms. The van der Waals surface area contributed by atoms with Crippen molar-refractivity contribution in [3.8, 4) is 0 Å². The van der Waals surface area contributed by atoms with Crippen LogP contribution in [0.5, 0.6) is 0 Å². The number of carbonyl (C=O) groups excluding carboxylic acids is 3. The first-order valence-electron chi connectivity index (χ1n) is 8.73. The molecule has 0 N–H and O–H groups in total. The smallest absolute Gasteiger partial charge is 0.311 e. The van der Waals surface area contributed by atoms with E-state index >= 15 is 0 Å². The minimum absolute atomic E-state index is 0.0994. The fraction of sp³-hybridized carbons (Fsp3) is 0.833. The van der Waals surface area contributed by atoms with Crippen LogP contribution < -0.4 is 0 Å². The molecule has 0 amide bonds. The SMILES string of the molecule is CCCCC(=O)OC[C@@H](COC(=O)C(C)(C)C)OC(=O)CCCC. The first-order chi connectivity index (χ1) is 11.2. The van der Waals surface area contributed by atoms with Crippen LogP contribution >= 0.6 is 0 Å². The van der Waals surface area contributed by atoms with E-state index in [-0.39, 0.29) is 25.2 Å². The quantitative estimate of drug-likeness (QED) is 0.422. The monoisotopic (exact) mass is 344 g/mol. The topological polar surface area (TPSA) is 78.9 Å². The van der Waals surface area contributed by atoms with Crippen LogP contribution in [0.1, 0.15) is 73.1 Å². The largest absolute Gasteiger partial charge is 0.462 e. The van der Waals surface area contributed by atoms with E-state index in [4.69, 9.17) is 14.2 Å². The van der Waals surface area contributed by atoms with Crippen LogP contribution in [0.3, 0.4) is 0 Å². The Hall–Kier alpha value is -1.59. The average molecular weight is 344 g/mol. The van der Waals surface area contributed by atoms with E-state index in [1.165, 1.54) is 0 Å². The second kappa shape index (κ2) is 11.9. The molecule has 0 aliphatic carbocycles. The molecule has 0 radical (unpaired) electrons. The van der Waals surface area contributed by atoms with Crippen molar-refractivity contribution in [2.45, 2.75) is 79.2 Å². The zero-order valence-electron chi connectivity index (χ0n) is 15.7. The third-order valence-corrected chi connectivity index (χ3v) is 3.21. The molecular formula is C18H32O6. The lowest BCUT2D eigenvalue weighted by molar-refractivity contribution is -0.170.